The standard InChI is InChI=1S/C16H12F4N4OS2/c17-10-12(11(18)14(20)21-13(10)19)27-16-23-22-15(9-4-2-6-26-9)24(16)7-8-3-1-5-25-8/h2,4,6,8H,1,3,5,7H2. The molecule has 0 radical (unpaired) electrons. The van der Waals surface area contributed by atoms with Gasteiger partial charge in [-0.3, -0.25) is 4.57 Å². The zero-order valence-electron chi connectivity index (χ0n) is 13.7. The van der Waals surface area contributed by atoms with Crippen molar-refractivity contribution in [2.45, 2.75) is 35.5 Å². The number of aromatic nitrogens is 4. The van der Waals surface area contributed by atoms with E-state index >= 15 is 0 Å². The highest BCUT2D eigenvalue weighted by molar-refractivity contribution is 7.99. The predicted octanol–water partition coefficient (Wildman–Crippen LogP) is 4.29. The Morgan fingerprint density at radius 3 is 2.59 bits per heavy atom. The van der Waals surface area contributed by atoms with Crippen LogP contribution in [-0.4, -0.2) is 32.5 Å². The van der Waals surface area contributed by atoms with E-state index in [9.17, 15) is 17.6 Å². The van der Waals surface area contributed by atoms with Crippen molar-refractivity contribution in [3.8, 4) is 10.7 Å². The SMILES string of the molecule is Fc1nc(F)c(F)c(Sc2nnc(-c3cccs3)n2CC2CCCO2)c1F. The van der Waals surface area contributed by atoms with E-state index in [1.54, 1.807) is 4.57 Å². The zero-order valence-corrected chi connectivity index (χ0v) is 15.3. The minimum atomic E-state index is -1.71. The monoisotopic (exact) mass is 416 g/mol. The van der Waals surface area contributed by atoms with Gasteiger partial charge in [-0.1, -0.05) is 6.07 Å². The maximum Gasteiger partial charge on any atom is 0.252 e. The lowest BCUT2D eigenvalue weighted by Crippen LogP contribution is -2.16. The van der Waals surface area contributed by atoms with Crippen LogP contribution >= 0.6 is 23.1 Å². The van der Waals surface area contributed by atoms with Gasteiger partial charge in [0.25, 0.3) is 11.9 Å². The first kappa shape index (κ1) is 18.4. The number of thiophene rings is 1. The number of ether oxygens (including phenoxy) is 1. The van der Waals surface area contributed by atoms with Gasteiger partial charge in [-0.05, 0) is 36.0 Å². The molecule has 0 N–H and O–H groups in total. The van der Waals surface area contributed by atoms with E-state index in [0.717, 1.165) is 17.7 Å². The molecule has 1 saturated heterocycles. The van der Waals surface area contributed by atoms with Gasteiger partial charge in [-0.25, -0.2) is 8.78 Å². The van der Waals surface area contributed by atoms with E-state index in [4.69, 9.17) is 4.74 Å². The smallest absolute Gasteiger partial charge is 0.252 e. The quantitative estimate of drug-likeness (QED) is 0.459. The van der Waals surface area contributed by atoms with Gasteiger partial charge in [0.2, 0.25) is 0 Å². The van der Waals surface area contributed by atoms with Crippen molar-refractivity contribution in [3.63, 3.8) is 0 Å². The fourth-order valence-corrected chi connectivity index (χ4v) is 4.36. The number of hydrogen-bond acceptors (Lipinski definition) is 6. The normalized spacial score (nSPS) is 17.0. The average molecular weight is 416 g/mol. The van der Waals surface area contributed by atoms with Crippen LogP contribution in [0.2, 0.25) is 0 Å². The van der Waals surface area contributed by atoms with Gasteiger partial charge < -0.3 is 4.74 Å². The Kier molecular flexibility index (Phi) is 5.15. The fraction of sp³-hybridized carbons (Fsp3) is 0.312. The molecule has 4 heterocycles. The molecule has 0 aromatic carbocycles. The molecular formula is C16H12F4N4OS2. The Labute approximate surface area is 159 Å². The highest BCUT2D eigenvalue weighted by Crippen LogP contribution is 2.35. The van der Waals surface area contributed by atoms with Crippen LogP contribution in [0.3, 0.4) is 0 Å². The van der Waals surface area contributed by atoms with Crippen LogP contribution < -0.4 is 0 Å². The van der Waals surface area contributed by atoms with Crippen molar-refractivity contribution in [2.24, 2.45) is 0 Å². The number of rotatable bonds is 5. The van der Waals surface area contributed by atoms with Crippen molar-refractivity contribution < 1.29 is 22.3 Å². The molecule has 1 atom stereocenters. The molecule has 142 valence electrons. The molecule has 3 aromatic heterocycles. The van der Waals surface area contributed by atoms with Crippen LogP contribution in [0.5, 0.6) is 0 Å². The van der Waals surface area contributed by atoms with Crippen molar-refractivity contribution >= 4 is 23.1 Å². The molecule has 3 aromatic rings. The Balaban J connectivity index is 1.75. The first-order chi connectivity index (χ1) is 13.0. The first-order valence-corrected chi connectivity index (χ1v) is 9.70. The Hall–Kier alpha value is -1.98. The van der Waals surface area contributed by atoms with Crippen LogP contribution in [0, 0.1) is 23.5 Å². The van der Waals surface area contributed by atoms with Crippen LogP contribution in [0.1, 0.15) is 12.8 Å². The Morgan fingerprint density at radius 2 is 1.96 bits per heavy atom. The fourth-order valence-electron chi connectivity index (χ4n) is 2.76. The van der Waals surface area contributed by atoms with E-state index < -0.39 is 28.4 Å². The zero-order chi connectivity index (χ0) is 19.0. The summed E-state index contributed by atoms with van der Waals surface area (Å²) < 4.78 is 62.1. The van der Waals surface area contributed by atoms with E-state index in [-0.39, 0.29) is 11.3 Å². The van der Waals surface area contributed by atoms with E-state index in [0.29, 0.717) is 30.7 Å². The molecule has 0 amide bonds. The highest BCUT2D eigenvalue weighted by atomic mass is 32.2. The summed E-state index contributed by atoms with van der Waals surface area (Å²) in [5.74, 6) is -6.05. The van der Waals surface area contributed by atoms with E-state index in [2.05, 4.69) is 15.2 Å². The molecule has 1 fully saturated rings. The molecule has 4 rings (SSSR count). The van der Waals surface area contributed by atoms with Crippen molar-refractivity contribution in [3.05, 3.63) is 41.0 Å². The molecule has 1 aliphatic heterocycles. The number of halogens is 4. The maximum absolute atomic E-state index is 14.0. The first-order valence-electron chi connectivity index (χ1n) is 8.01. The summed E-state index contributed by atoms with van der Waals surface area (Å²) in [4.78, 5) is 2.53. The largest absolute Gasteiger partial charge is 0.376 e. The summed E-state index contributed by atoms with van der Waals surface area (Å²) in [6.07, 6.45) is 1.64. The third kappa shape index (κ3) is 3.58. The lowest BCUT2D eigenvalue weighted by molar-refractivity contribution is 0.0953. The van der Waals surface area contributed by atoms with E-state index in [1.807, 2.05) is 17.5 Å². The second kappa shape index (κ2) is 7.56. The molecule has 0 bridgehead atoms. The van der Waals surface area contributed by atoms with Crippen LogP contribution in [-0.2, 0) is 11.3 Å². The summed E-state index contributed by atoms with van der Waals surface area (Å²) in [5.41, 5.74) is 0. The van der Waals surface area contributed by atoms with Gasteiger partial charge in [-0.2, -0.15) is 13.8 Å². The minimum Gasteiger partial charge on any atom is -0.376 e. The molecule has 11 heteroatoms. The molecule has 27 heavy (non-hydrogen) atoms. The van der Waals surface area contributed by atoms with Crippen LogP contribution in [0.15, 0.2) is 27.6 Å². The van der Waals surface area contributed by atoms with Gasteiger partial charge in [0.05, 0.1) is 22.4 Å². The number of pyridine rings is 1. The summed E-state index contributed by atoms with van der Waals surface area (Å²) in [5, 5.41) is 10.0. The molecule has 0 aliphatic carbocycles. The molecule has 5 nitrogen and oxygen atoms in total. The van der Waals surface area contributed by atoms with Crippen molar-refractivity contribution in [1.29, 1.82) is 0 Å². The summed E-state index contributed by atoms with van der Waals surface area (Å²) in [6.45, 7) is 0.996. The van der Waals surface area contributed by atoms with Gasteiger partial charge in [0, 0.05) is 6.61 Å². The van der Waals surface area contributed by atoms with Gasteiger partial charge in [-0.15, -0.1) is 21.5 Å². The second-order valence-electron chi connectivity index (χ2n) is 5.78. The van der Waals surface area contributed by atoms with E-state index in [1.165, 1.54) is 11.3 Å². The maximum atomic E-state index is 14.0. The third-order valence-corrected chi connectivity index (χ3v) is 5.93. The second-order valence-corrected chi connectivity index (χ2v) is 7.71. The van der Waals surface area contributed by atoms with Crippen molar-refractivity contribution in [1.82, 2.24) is 19.7 Å². The average Bonchev–Trinajstić information content (AvgIpc) is 3.40. The van der Waals surface area contributed by atoms with Crippen LogP contribution in [0.4, 0.5) is 17.6 Å². The van der Waals surface area contributed by atoms with Crippen molar-refractivity contribution in [2.75, 3.05) is 6.61 Å². The molecule has 1 unspecified atom stereocenters. The Bertz CT molecular complexity index is 932. The van der Waals surface area contributed by atoms with Gasteiger partial charge >= 0.3 is 0 Å². The molecular weight excluding hydrogens is 404 g/mol. The Morgan fingerprint density at radius 1 is 1.19 bits per heavy atom. The van der Waals surface area contributed by atoms with Gasteiger partial charge in [0.15, 0.2) is 22.6 Å². The highest BCUT2D eigenvalue weighted by Gasteiger charge is 2.27. The lowest BCUT2D eigenvalue weighted by atomic mass is 10.2. The molecule has 0 saturated carbocycles. The summed E-state index contributed by atoms with van der Waals surface area (Å²) in [7, 11) is 0. The molecule has 1 aliphatic rings. The minimum absolute atomic E-state index is 0.0975. The topological polar surface area (TPSA) is 52.8 Å². The number of nitrogens with zero attached hydrogens (tertiary/aromatic N) is 4. The van der Waals surface area contributed by atoms with Gasteiger partial charge in [0.1, 0.15) is 0 Å². The third-order valence-electron chi connectivity index (χ3n) is 4.02. The summed E-state index contributed by atoms with van der Waals surface area (Å²) in [6, 6.07) is 3.67. The summed E-state index contributed by atoms with van der Waals surface area (Å²) >= 11 is 1.89. The molecule has 0 spiro atoms. The number of hydrogen-bond donors (Lipinski definition) is 0. The van der Waals surface area contributed by atoms with Crippen LogP contribution in [0.25, 0.3) is 10.7 Å². The lowest BCUT2D eigenvalue weighted by Gasteiger charge is -2.14. The predicted molar refractivity (Wildman–Crippen MR) is 90.5 cm³/mol.